The molecule has 0 radical (unpaired) electrons. The Balaban J connectivity index is 1.44. The second-order valence-electron chi connectivity index (χ2n) is 9.04. The highest BCUT2D eigenvalue weighted by Gasteiger charge is 2.30. The third-order valence-corrected chi connectivity index (χ3v) is 5.19. The molecule has 152 valence electrons. The SMILES string of the molecule is Cc1ccc(C2=NOC(CC(=O)N3CCN(C(=O)CC(C)(C)C)CC3)C2)cc1. The molecule has 1 saturated heterocycles. The van der Waals surface area contributed by atoms with Crippen molar-refractivity contribution >= 4 is 17.5 Å². The molecule has 1 unspecified atom stereocenters. The molecular weight excluding hydrogens is 354 g/mol. The minimum Gasteiger partial charge on any atom is -0.391 e. The number of piperazine rings is 1. The van der Waals surface area contributed by atoms with E-state index < -0.39 is 0 Å². The Morgan fingerprint density at radius 2 is 1.61 bits per heavy atom. The Kier molecular flexibility index (Phi) is 6.06. The lowest BCUT2D eigenvalue weighted by atomic mass is 9.91. The molecule has 2 aliphatic heterocycles. The van der Waals surface area contributed by atoms with E-state index >= 15 is 0 Å². The van der Waals surface area contributed by atoms with Gasteiger partial charge in [0, 0.05) is 39.0 Å². The lowest BCUT2D eigenvalue weighted by Crippen LogP contribution is -2.51. The number of benzene rings is 1. The van der Waals surface area contributed by atoms with Crippen LogP contribution in [-0.2, 0) is 14.4 Å². The third-order valence-electron chi connectivity index (χ3n) is 5.19. The van der Waals surface area contributed by atoms with Crippen LogP contribution in [0.4, 0.5) is 0 Å². The van der Waals surface area contributed by atoms with Gasteiger partial charge in [0.1, 0.15) is 6.10 Å². The zero-order chi connectivity index (χ0) is 20.3. The van der Waals surface area contributed by atoms with Gasteiger partial charge in [-0.1, -0.05) is 55.8 Å². The summed E-state index contributed by atoms with van der Waals surface area (Å²) in [6, 6.07) is 8.18. The lowest BCUT2D eigenvalue weighted by molar-refractivity contribution is -0.142. The van der Waals surface area contributed by atoms with Crippen molar-refractivity contribution in [3.63, 3.8) is 0 Å². The summed E-state index contributed by atoms with van der Waals surface area (Å²) in [5.41, 5.74) is 3.14. The first-order valence-electron chi connectivity index (χ1n) is 10.1. The van der Waals surface area contributed by atoms with E-state index in [1.165, 1.54) is 5.56 Å². The van der Waals surface area contributed by atoms with E-state index in [0.29, 0.717) is 45.4 Å². The van der Waals surface area contributed by atoms with E-state index in [1.54, 1.807) is 0 Å². The van der Waals surface area contributed by atoms with Gasteiger partial charge in [0.2, 0.25) is 11.8 Å². The summed E-state index contributed by atoms with van der Waals surface area (Å²) in [7, 11) is 0. The van der Waals surface area contributed by atoms with Crippen LogP contribution in [0.15, 0.2) is 29.4 Å². The molecule has 28 heavy (non-hydrogen) atoms. The first kappa shape index (κ1) is 20.4. The van der Waals surface area contributed by atoms with Gasteiger partial charge in [0.15, 0.2) is 0 Å². The van der Waals surface area contributed by atoms with Crippen LogP contribution in [0.2, 0.25) is 0 Å². The zero-order valence-electron chi connectivity index (χ0n) is 17.4. The topological polar surface area (TPSA) is 62.2 Å². The number of carbonyl (C=O) groups is 2. The molecule has 2 amide bonds. The van der Waals surface area contributed by atoms with Gasteiger partial charge in [0.25, 0.3) is 0 Å². The van der Waals surface area contributed by atoms with Crippen LogP contribution < -0.4 is 0 Å². The highest BCUT2D eigenvalue weighted by atomic mass is 16.6. The third kappa shape index (κ3) is 5.33. The maximum atomic E-state index is 12.6. The number of nitrogens with zero attached hydrogens (tertiary/aromatic N) is 3. The Bertz CT molecular complexity index is 741. The molecule has 2 aliphatic rings. The Morgan fingerprint density at radius 3 is 2.18 bits per heavy atom. The van der Waals surface area contributed by atoms with Crippen LogP contribution in [0.1, 0.15) is 51.2 Å². The monoisotopic (exact) mass is 385 g/mol. The number of hydrogen-bond donors (Lipinski definition) is 0. The van der Waals surface area contributed by atoms with Crippen molar-refractivity contribution in [3.8, 4) is 0 Å². The van der Waals surface area contributed by atoms with Crippen LogP contribution in [0.5, 0.6) is 0 Å². The highest BCUT2D eigenvalue weighted by molar-refractivity contribution is 6.01. The van der Waals surface area contributed by atoms with Gasteiger partial charge in [-0.25, -0.2) is 0 Å². The largest absolute Gasteiger partial charge is 0.391 e. The second kappa shape index (κ2) is 8.33. The molecular formula is C22H31N3O3. The van der Waals surface area contributed by atoms with Gasteiger partial charge < -0.3 is 14.6 Å². The van der Waals surface area contributed by atoms with Crippen molar-refractivity contribution in [2.45, 2.75) is 53.1 Å². The number of amides is 2. The fourth-order valence-electron chi connectivity index (χ4n) is 3.55. The smallest absolute Gasteiger partial charge is 0.226 e. The Morgan fingerprint density at radius 1 is 1.04 bits per heavy atom. The fraction of sp³-hybridized carbons (Fsp3) is 0.591. The molecule has 0 aromatic heterocycles. The molecule has 0 N–H and O–H groups in total. The normalized spacial score (nSPS) is 20.0. The molecule has 1 fully saturated rings. The van der Waals surface area contributed by atoms with E-state index in [9.17, 15) is 9.59 Å². The molecule has 1 atom stereocenters. The highest BCUT2D eigenvalue weighted by Crippen LogP contribution is 2.22. The molecule has 6 heteroatoms. The summed E-state index contributed by atoms with van der Waals surface area (Å²) in [5, 5.41) is 4.18. The molecule has 3 rings (SSSR count). The first-order valence-corrected chi connectivity index (χ1v) is 10.1. The summed E-state index contributed by atoms with van der Waals surface area (Å²) >= 11 is 0. The number of carbonyl (C=O) groups excluding carboxylic acids is 2. The van der Waals surface area contributed by atoms with Crippen molar-refractivity contribution in [3.05, 3.63) is 35.4 Å². The molecule has 2 heterocycles. The molecule has 1 aromatic carbocycles. The second-order valence-corrected chi connectivity index (χ2v) is 9.04. The summed E-state index contributed by atoms with van der Waals surface area (Å²) in [6.45, 7) is 10.7. The van der Waals surface area contributed by atoms with Gasteiger partial charge in [0.05, 0.1) is 12.1 Å². The Hall–Kier alpha value is -2.37. The van der Waals surface area contributed by atoms with Crippen LogP contribution in [-0.4, -0.2) is 59.6 Å². The van der Waals surface area contributed by atoms with E-state index in [1.807, 2.05) is 21.9 Å². The van der Waals surface area contributed by atoms with E-state index in [0.717, 1.165) is 11.3 Å². The average molecular weight is 386 g/mol. The van der Waals surface area contributed by atoms with Crippen molar-refractivity contribution in [1.29, 1.82) is 0 Å². The lowest BCUT2D eigenvalue weighted by Gasteiger charge is -2.36. The van der Waals surface area contributed by atoms with Crippen molar-refractivity contribution in [1.82, 2.24) is 9.80 Å². The van der Waals surface area contributed by atoms with Gasteiger partial charge in [-0.15, -0.1) is 0 Å². The van der Waals surface area contributed by atoms with Gasteiger partial charge in [-0.2, -0.15) is 0 Å². The molecule has 6 nitrogen and oxygen atoms in total. The van der Waals surface area contributed by atoms with Crippen LogP contribution >= 0.6 is 0 Å². The maximum Gasteiger partial charge on any atom is 0.226 e. The van der Waals surface area contributed by atoms with Crippen LogP contribution in [0, 0.1) is 12.3 Å². The number of hydrogen-bond acceptors (Lipinski definition) is 4. The quantitative estimate of drug-likeness (QED) is 0.800. The van der Waals surface area contributed by atoms with E-state index in [2.05, 4.69) is 45.0 Å². The summed E-state index contributed by atoms with van der Waals surface area (Å²) in [4.78, 5) is 34.2. The first-order chi connectivity index (χ1) is 13.2. The summed E-state index contributed by atoms with van der Waals surface area (Å²) in [5.74, 6) is 0.253. The number of oxime groups is 1. The molecule has 0 aliphatic carbocycles. The van der Waals surface area contributed by atoms with Gasteiger partial charge in [-0.3, -0.25) is 9.59 Å². The standard InChI is InChI=1S/C22H31N3O3/c1-16-5-7-17(8-6-16)19-13-18(28-23-19)14-20(26)24-9-11-25(12-10-24)21(27)15-22(2,3)4/h5-8,18H,9-15H2,1-4H3. The zero-order valence-corrected chi connectivity index (χ0v) is 17.4. The average Bonchev–Trinajstić information content (AvgIpc) is 3.09. The van der Waals surface area contributed by atoms with Crippen LogP contribution in [0.3, 0.4) is 0 Å². The number of rotatable bonds is 4. The van der Waals surface area contributed by atoms with E-state index in [-0.39, 0.29) is 23.3 Å². The van der Waals surface area contributed by atoms with Crippen LogP contribution in [0.25, 0.3) is 0 Å². The molecule has 1 aromatic rings. The van der Waals surface area contributed by atoms with Crippen molar-refractivity contribution < 1.29 is 14.4 Å². The minimum absolute atomic E-state index is 0.0149. The Labute approximate surface area is 167 Å². The van der Waals surface area contributed by atoms with E-state index in [4.69, 9.17) is 4.84 Å². The molecule has 0 spiro atoms. The van der Waals surface area contributed by atoms with Crippen molar-refractivity contribution in [2.24, 2.45) is 10.6 Å². The predicted molar refractivity (Wildman–Crippen MR) is 109 cm³/mol. The fourth-order valence-corrected chi connectivity index (χ4v) is 3.55. The predicted octanol–water partition coefficient (Wildman–Crippen LogP) is 2.99. The number of aryl methyl sites for hydroxylation is 1. The minimum atomic E-state index is -0.204. The van der Waals surface area contributed by atoms with Gasteiger partial charge in [-0.05, 0) is 17.9 Å². The molecule has 0 bridgehead atoms. The van der Waals surface area contributed by atoms with Crippen molar-refractivity contribution in [2.75, 3.05) is 26.2 Å². The maximum absolute atomic E-state index is 12.6. The molecule has 0 saturated carbocycles. The van der Waals surface area contributed by atoms with Gasteiger partial charge >= 0.3 is 0 Å². The summed E-state index contributed by atoms with van der Waals surface area (Å²) in [6.07, 6.45) is 1.31. The summed E-state index contributed by atoms with van der Waals surface area (Å²) < 4.78 is 0.